The van der Waals surface area contributed by atoms with E-state index < -0.39 is 0 Å². The Bertz CT molecular complexity index is 204. The van der Waals surface area contributed by atoms with Crippen molar-refractivity contribution in [2.75, 3.05) is 13.1 Å². The van der Waals surface area contributed by atoms with E-state index in [1.54, 1.807) is 0 Å². The summed E-state index contributed by atoms with van der Waals surface area (Å²) in [6.07, 6.45) is 9.13. The summed E-state index contributed by atoms with van der Waals surface area (Å²) in [4.78, 5) is 0. The lowest BCUT2D eigenvalue weighted by Crippen LogP contribution is -2.68. The Morgan fingerprint density at radius 1 is 0.789 bits per heavy atom. The molecule has 5 N–H and O–H groups in total. The standard InChI is InChI=1S/C16H37N3/c1-5-9-15(18,10-6-2)16(11-7-3,12-8-4)19-14-13-17/h19H,5-14,17-18H2,1-4H3. The Morgan fingerprint density at radius 3 is 1.53 bits per heavy atom. The molecular weight excluding hydrogens is 234 g/mol. The van der Waals surface area contributed by atoms with Crippen molar-refractivity contribution in [1.29, 1.82) is 0 Å². The van der Waals surface area contributed by atoms with E-state index in [4.69, 9.17) is 11.5 Å². The molecule has 0 fully saturated rings. The van der Waals surface area contributed by atoms with Crippen LogP contribution in [0.2, 0.25) is 0 Å². The third-order valence-electron chi connectivity index (χ3n) is 4.31. The minimum atomic E-state index is -0.0995. The fourth-order valence-electron chi connectivity index (χ4n) is 3.64. The largest absolute Gasteiger partial charge is 0.329 e. The molecule has 0 atom stereocenters. The number of nitrogens with one attached hydrogen (secondary N) is 1. The first-order valence-corrected chi connectivity index (χ1v) is 8.29. The topological polar surface area (TPSA) is 64.1 Å². The smallest absolute Gasteiger partial charge is 0.0362 e. The Balaban J connectivity index is 5.29. The van der Waals surface area contributed by atoms with Gasteiger partial charge in [-0.2, -0.15) is 0 Å². The van der Waals surface area contributed by atoms with Crippen LogP contribution in [0.5, 0.6) is 0 Å². The van der Waals surface area contributed by atoms with Crippen LogP contribution in [-0.4, -0.2) is 24.2 Å². The molecule has 0 spiro atoms. The van der Waals surface area contributed by atoms with Gasteiger partial charge in [-0.15, -0.1) is 0 Å². The van der Waals surface area contributed by atoms with E-state index in [0.29, 0.717) is 6.54 Å². The van der Waals surface area contributed by atoms with Gasteiger partial charge in [0, 0.05) is 24.2 Å². The maximum absolute atomic E-state index is 6.91. The molecule has 3 nitrogen and oxygen atoms in total. The average molecular weight is 271 g/mol. The minimum absolute atomic E-state index is 0.0574. The summed E-state index contributed by atoms with van der Waals surface area (Å²) in [7, 11) is 0. The minimum Gasteiger partial charge on any atom is -0.329 e. The van der Waals surface area contributed by atoms with Gasteiger partial charge in [0.05, 0.1) is 0 Å². The summed E-state index contributed by atoms with van der Waals surface area (Å²) in [6.45, 7) is 10.5. The molecule has 0 aromatic carbocycles. The number of rotatable bonds is 12. The highest BCUT2D eigenvalue weighted by Gasteiger charge is 2.45. The van der Waals surface area contributed by atoms with Gasteiger partial charge in [0.25, 0.3) is 0 Å². The summed E-state index contributed by atoms with van der Waals surface area (Å²) in [5.74, 6) is 0. The van der Waals surface area contributed by atoms with Crippen LogP contribution in [0.4, 0.5) is 0 Å². The van der Waals surface area contributed by atoms with Crippen molar-refractivity contribution in [2.24, 2.45) is 11.5 Å². The van der Waals surface area contributed by atoms with Gasteiger partial charge >= 0.3 is 0 Å². The Kier molecular flexibility index (Phi) is 9.67. The summed E-state index contributed by atoms with van der Waals surface area (Å²) in [6, 6.07) is 0. The van der Waals surface area contributed by atoms with Crippen LogP contribution in [0, 0.1) is 0 Å². The first-order chi connectivity index (χ1) is 9.05. The zero-order valence-corrected chi connectivity index (χ0v) is 13.7. The molecular formula is C16H37N3. The fraction of sp³-hybridized carbons (Fsp3) is 1.00. The molecule has 0 aliphatic heterocycles. The quantitative estimate of drug-likeness (QED) is 0.511. The summed E-state index contributed by atoms with van der Waals surface area (Å²) < 4.78 is 0. The monoisotopic (exact) mass is 271 g/mol. The Hall–Kier alpha value is -0.120. The molecule has 0 saturated carbocycles. The molecule has 0 rings (SSSR count). The molecule has 0 bridgehead atoms. The van der Waals surface area contributed by atoms with Gasteiger partial charge in [-0.05, 0) is 25.7 Å². The van der Waals surface area contributed by atoms with Crippen molar-refractivity contribution in [3.63, 3.8) is 0 Å². The Morgan fingerprint density at radius 2 is 1.21 bits per heavy atom. The third-order valence-corrected chi connectivity index (χ3v) is 4.31. The predicted octanol–water partition coefficient (Wildman–Crippen LogP) is 3.17. The second-order valence-corrected chi connectivity index (χ2v) is 5.95. The van der Waals surface area contributed by atoms with Crippen LogP contribution in [0.3, 0.4) is 0 Å². The predicted molar refractivity (Wildman–Crippen MR) is 86.3 cm³/mol. The molecule has 3 heteroatoms. The lowest BCUT2D eigenvalue weighted by Gasteiger charge is -2.50. The van der Waals surface area contributed by atoms with Gasteiger partial charge in [-0.1, -0.05) is 53.4 Å². The Labute approximate surface area is 120 Å². The van der Waals surface area contributed by atoms with Crippen molar-refractivity contribution in [2.45, 2.75) is 90.1 Å². The van der Waals surface area contributed by atoms with Crippen molar-refractivity contribution in [3.8, 4) is 0 Å². The van der Waals surface area contributed by atoms with Crippen molar-refractivity contribution in [3.05, 3.63) is 0 Å². The molecule has 0 radical (unpaired) electrons. The number of hydrogen-bond donors (Lipinski definition) is 3. The van der Waals surface area contributed by atoms with E-state index in [0.717, 1.165) is 45.1 Å². The van der Waals surface area contributed by atoms with Crippen LogP contribution in [0.1, 0.15) is 79.1 Å². The normalized spacial score (nSPS) is 12.9. The second kappa shape index (κ2) is 9.73. The zero-order chi connectivity index (χ0) is 14.8. The van der Waals surface area contributed by atoms with E-state index in [1.807, 2.05) is 0 Å². The second-order valence-electron chi connectivity index (χ2n) is 5.95. The molecule has 0 unspecified atom stereocenters. The molecule has 0 heterocycles. The fourth-order valence-corrected chi connectivity index (χ4v) is 3.64. The molecule has 0 saturated heterocycles. The van der Waals surface area contributed by atoms with E-state index in [1.165, 1.54) is 12.8 Å². The number of hydrogen-bond acceptors (Lipinski definition) is 3. The molecule has 0 aromatic heterocycles. The number of nitrogens with two attached hydrogens (primary N) is 2. The van der Waals surface area contributed by atoms with Gasteiger partial charge in [-0.25, -0.2) is 0 Å². The van der Waals surface area contributed by atoms with E-state index >= 15 is 0 Å². The highest BCUT2D eigenvalue weighted by atomic mass is 15.1. The first-order valence-electron chi connectivity index (χ1n) is 8.29. The van der Waals surface area contributed by atoms with E-state index in [2.05, 4.69) is 33.0 Å². The van der Waals surface area contributed by atoms with Crippen LogP contribution in [-0.2, 0) is 0 Å². The van der Waals surface area contributed by atoms with Gasteiger partial charge in [0.2, 0.25) is 0 Å². The third kappa shape index (κ3) is 5.05. The van der Waals surface area contributed by atoms with Gasteiger partial charge in [0.15, 0.2) is 0 Å². The summed E-state index contributed by atoms with van der Waals surface area (Å²) >= 11 is 0. The lowest BCUT2D eigenvalue weighted by molar-refractivity contribution is 0.118. The van der Waals surface area contributed by atoms with Gasteiger partial charge in [0.1, 0.15) is 0 Å². The first kappa shape index (κ1) is 18.9. The molecule has 19 heavy (non-hydrogen) atoms. The van der Waals surface area contributed by atoms with Gasteiger partial charge < -0.3 is 16.8 Å². The van der Waals surface area contributed by atoms with Crippen LogP contribution in [0.25, 0.3) is 0 Å². The van der Waals surface area contributed by atoms with Crippen LogP contribution < -0.4 is 16.8 Å². The average Bonchev–Trinajstić information content (AvgIpc) is 2.37. The maximum atomic E-state index is 6.91. The molecule has 116 valence electrons. The van der Waals surface area contributed by atoms with E-state index in [-0.39, 0.29) is 11.1 Å². The van der Waals surface area contributed by atoms with Gasteiger partial charge in [-0.3, -0.25) is 0 Å². The van der Waals surface area contributed by atoms with Crippen LogP contribution >= 0.6 is 0 Å². The SMILES string of the molecule is CCCC(N)(CCC)C(CCC)(CCC)NCCN. The summed E-state index contributed by atoms with van der Waals surface area (Å²) in [5.41, 5.74) is 12.6. The van der Waals surface area contributed by atoms with Crippen molar-refractivity contribution < 1.29 is 0 Å². The van der Waals surface area contributed by atoms with E-state index in [9.17, 15) is 0 Å². The molecule has 0 amide bonds. The summed E-state index contributed by atoms with van der Waals surface area (Å²) in [5, 5.41) is 3.74. The van der Waals surface area contributed by atoms with Crippen molar-refractivity contribution in [1.82, 2.24) is 5.32 Å². The van der Waals surface area contributed by atoms with Crippen LogP contribution in [0.15, 0.2) is 0 Å². The highest BCUT2D eigenvalue weighted by Crippen LogP contribution is 2.36. The van der Waals surface area contributed by atoms with Crippen molar-refractivity contribution >= 4 is 0 Å². The zero-order valence-electron chi connectivity index (χ0n) is 13.7. The maximum Gasteiger partial charge on any atom is 0.0362 e. The molecule has 0 aliphatic rings. The highest BCUT2D eigenvalue weighted by molar-refractivity contribution is 5.08. The molecule has 0 aromatic rings. The lowest BCUT2D eigenvalue weighted by atomic mass is 9.67. The molecule has 0 aliphatic carbocycles.